The molecule has 0 aliphatic heterocycles. The number of carbonyl (C=O) groups excluding carboxylic acids is 2. The first-order chi connectivity index (χ1) is 12.0. The molecular formula is C17H16N2O5S. The first-order valence-electron chi connectivity index (χ1n) is 7.76. The second kappa shape index (κ2) is 7.02. The van der Waals surface area contributed by atoms with Crippen LogP contribution in [0.2, 0.25) is 0 Å². The normalized spacial score (nSPS) is 12.5. The lowest BCUT2D eigenvalue weighted by Gasteiger charge is -2.07. The van der Waals surface area contributed by atoms with Crippen molar-refractivity contribution in [2.45, 2.75) is 25.7 Å². The van der Waals surface area contributed by atoms with Gasteiger partial charge in [-0.05, 0) is 24.8 Å². The Labute approximate surface area is 147 Å². The summed E-state index contributed by atoms with van der Waals surface area (Å²) in [5.41, 5.74) is 1.59. The summed E-state index contributed by atoms with van der Waals surface area (Å²) < 4.78 is 4.84. The van der Waals surface area contributed by atoms with Gasteiger partial charge in [-0.1, -0.05) is 18.2 Å². The number of hydrogen-bond donors (Lipinski definition) is 1. The van der Waals surface area contributed by atoms with E-state index in [4.69, 9.17) is 4.74 Å². The molecule has 1 aromatic heterocycles. The summed E-state index contributed by atoms with van der Waals surface area (Å²) >= 11 is 1.38. The highest BCUT2D eigenvalue weighted by Gasteiger charge is 2.28. The lowest BCUT2D eigenvalue weighted by molar-refractivity contribution is -0.385. The maximum absolute atomic E-state index is 12.4. The summed E-state index contributed by atoms with van der Waals surface area (Å²) in [6.45, 7) is 0. The van der Waals surface area contributed by atoms with Crippen LogP contribution in [0, 0.1) is 10.1 Å². The van der Waals surface area contributed by atoms with E-state index in [9.17, 15) is 19.7 Å². The molecule has 3 rings (SSSR count). The van der Waals surface area contributed by atoms with Crippen LogP contribution in [0.3, 0.4) is 0 Å². The molecule has 0 spiro atoms. The molecule has 25 heavy (non-hydrogen) atoms. The fourth-order valence-electron chi connectivity index (χ4n) is 2.99. The predicted molar refractivity (Wildman–Crippen MR) is 93.1 cm³/mol. The molecule has 0 atom stereocenters. The van der Waals surface area contributed by atoms with Crippen molar-refractivity contribution in [3.05, 3.63) is 55.9 Å². The second-order valence-electron chi connectivity index (χ2n) is 5.66. The Balaban J connectivity index is 1.83. The number of fused-ring (bicyclic) bond motifs is 1. The Kier molecular flexibility index (Phi) is 4.80. The number of nitrogens with zero attached hydrogens (tertiary/aromatic N) is 1. The lowest BCUT2D eigenvalue weighted by atomic mass is 10.1. The molecule has 1 amide bonds. The zero-order valence-electron chi connectivity index (χ0n) is 13.5. The Morgan fingerprint density at radius 3 is 2.80 bits per heavy atom. The van der Waals surface area contributed by atoms with Gasteiger partial charge in [0.25, 0.3) is 5.69 Å². The van der Waals surface area contributed by atoms with Crippen molar-refractivity contribution in [2.24, 2.45) is 0 Å². The molecule has 1 aromatic carbocycles. The summed E-state index contributed by atoms with van der Waals surface area (Å²) in [5, 5.41) is 14.2. The number of ether oxygens (including phenoxy) is 1. The maximum atomic E-state index is 12.4. The number of nitro groups is 1. The van der Waals surface area contributed by atoms with Gasteiger partial charge >= 0.3 is 5.97 Å². The number of nitro benzene ring substituents is 1. The molecule has 0 unspecified atom stereocenters. The SMILES string of the molecule is COC(=O)c1c(NC(=O)Cc2ccccc2[N+](=O)[O-])sc2c1CCC2. The van der Waals surface area contributed by atoms with Gasteiger partial charge in [-0.15, -0.1) is 11.3 Å². The van der Waals surface area contributed by atoms with E-state index in [1.54, 1.807) is 18.2 Å². The number of esters is 1. The molecule has 0 radical (unpaired) electrons. The number of para-hydroxylation sites is 1. The zero-order valence-corrected chi connectivity index (χ0v) is 14.4. The third-order valence-electron chi connectivity index (χ3n) is 4.10. The molecular weight excluding hydrogens is 344 g/mol. The van der Waals surface area contributed by atoms with Crippen molar-refractivity contribution in [3.63, 3.8) is 0 Å². The third kappa shape index (κ3) is 3.39. The van der Waals surface area contributed by atoms with Gasteiger partial charge in [0.05, 0.1) is 24.0 Å². The summed E-state index contributed by atoms with van der Waals surface area (Å²) in [7, 11) is 1.31. The number of hydrogen-bond acceptors (Lipinski definition) is 6. The summed E-state index contributed by atoms with van der Waals surface area (Å²) in [6, 6.07) is 6.11. The minimum atomic E-state index is -0.512. The standard InChI is InChI=1S/C17H16N2O5S/c1-24-17(21)15-11-6-4-8-13(11)25-16(15)18-14(20)9-10-5-2-3-7-12(10)19(22)23/h2-3,5,7H,4,6,8-9H2,1H3,(H,18,20). The van der Waals surface area contributed by atoms with Crippen molar-refractivity contribution in [2.75, 3.05) is 12.4 Å². The number of methoxy groups -OCH3 is 1. The molecule has 0 saturated heterocycles. The van der Waals surface area contributed by atoms with E-state index in [0.717, 1.165) is 29.7 Å². The summed E-state index contributed by atoms with van der Waals surface area (Å²) in [6.07, 6.45) is 2.51. The highest BCUT2D eigenvalue weighted by molar-refractivity contribution is 7.17. The van der Waals surface area contributed by atoms with Crippen LogP contribution >= 0.6 is 11.3 Å². The van der Waals surface area contributed by atoms with Crippen LogP contribution in [0.25, 0.3) is 0 Å². The topological polar surface area (TPSA) is 98.5 Å². The fraction of sp³-hybridized carbons (Fsp3) is 0.294. The van der Waals surface area contributed by atoms with Gasteiger partial charge in [0.1, 0.15) is 5.00 Å². The van der Waals surface area contributed by atoms with Crippen LogP contribution in [-0.4, -0.2) is 23.9 Å². The van der Waals surface area contributed by atoms with Crippen LogP contribution in [0.1, 0.15) is 32.8 Å². The fourth-order valence-corrected chi connectivity index (χ4v) is 4.29. The smallest absolute Gasteiger partial charge is 0.341 e. The first-order valence-corrected chi connectivity index (χ1v) is 8.58. The zero-order chi connectivity index (χ0) is 18.0. The van der Waals surface area contributed by atoms with Crippen LogP contribution in [-0.2, 0) is 28.8 Å². The van der Waals surface area contributed by atoms with Crippen molar-refractivity contribution >= 4 is 33.9 Å². The van der Waals surface area contributed by atoms with E-state index in [1.165, 1.54) is 24.5 Å². The number of nitrogens with one attached hydrogen (secondary N) is 1. The molecule has 0 saturated carbocycles. The van der Waals surface area contributed by atoms with Crippen LogP contribution in [0.5, 0.6) is 0 Å². The largest absolute Gasteiger partial charge is 0.465 e. The molecule has 1 aliphatic rings. The van der Waals surface area contributed by atoms with Gasteiger partial charge in [0.15, 0.2) is 0 Å². The maximum Gasteiger partial charge on any atom is 0.341 e. The number of benzene rings is 1. The lowest BCUT2D eigenvalue weighted by Crippen LogP contribution is -2.17. The number of aryl methyl sites for hydroxylation is 1. The molecule has 2 aromatic rings. The van der Waals surface area contributed by atoms with E-state index < -0.39 is 16.8 Å². The first kappa shape index (κ1) is 17.1. The Morgan fingerprint density at radius 1 is 1.32 bits per heavy atom. The molecule has 0 bridgehead atoms. The average molecular weight is 360 g/mol. The van der Waals surface area contributed by atoms with Crippen molar-refractivity contribution in [3.8, 4) is 0 Å². The third-order valence-corrected chi connectivity index (χ3v) is 5.31. The van der Waals surface area contributed by atoms with E-state index >= 15 is 0 Å². The van der Waals surface area contributed by atoms with Crippen molar-refractivity contribution in [1.82, 2.24) is 0 Å². The Morgan fingerprint density at radius 2 is 2.08 bits per heavy atom. The van der Waals surface area contributed by atoms with E-state index in [2.05, 4.69) is 5.32 Å². The second-order valence-corrected chi connectivity index (χ2v) is 6.77. The number of amides is 1. The highest BCUT2D eigenvalue weighted by atomic mass is 32.1. The minimum Gasteiger partial charge on any atom is -0.465 e. The van der Waals surface area contributed by atoms with E-state index in [0.29, 0.717) is 16.1 Å². The molecule has 1 N–H and O–H groups in total. The molecule has 0 fully saturated rings. The van der Waals surface area contributed by atoms with E-state index in [1.807, 2.05) is 0 Å². The number of carbonyl (C=O) groups is 2. The van der Waals surface area contributed by atoms with Crippen molar-refractivity contribution < 1.29 is 19.2 Å². The molecule has 1 aliphatic carbocycles. The number of anilines is 1. The van der Waals surface area contributed by atoms with Gasteiger partial charge in [0, 0.05) is 16.5 Å². The van der Waals surface area contributed by atoms with Crippen molar-refractivity contribution in [1.29, 1.82) is 0 Å². The summed E-state index contributed by atoms with van der Waals surface area (Å²) in [4.78, 5) is 36.1. The van der Waals surface area contributed by atoms with Crippen LogP contribution < -0.4 is 5.32 Å². The van der Waals surface area contributed by atoms with Gasteiger partial charge in [-0.3, -0.25) is 14.9 Å². The monoisotopic (exact) mass is 360 g/mol. The minimum absolute atomic E-state index is 0.0977. The molecule has 7 nitrogen and oxygen atoms in total. The van der Waals surface area contributed by atoms with Gasteiger partial charge in [-0.25, -0.2) is 4.79 Å². The van der Waals surface area contributed by atoms with Crippen LogP contribution in [0.15, 0.2) is 24.3 Å². The average Bonchev–Trinajstić information content (AvgIpc) is 3.15. The highest BCUT2D eigenvalue weighted by Crippen LogP contribution is 2.39. The molecule has 8 heteroatoms. The quantitative estimate of drug-likeness (QED) is 0.502. The van der Waals surface area contributed by atoms with Gasteiger partial charge in [-0.2, -0.15) is 0 Å². The Bertz CT molecular complexity index is 859. The summed E-state index contributed by atoms with van der Waals surface area (Å²) in [5.74, 6) is -0.875. The number of thiophene rings is 1. The molecule has 130 valence electrons. The Hall–Kier alpha value is -2.74. The van der Waals surface area contributed by atoms with Gasteiger partial charge in [0.2, 0.25) is 5.91 Å². The van der Waals surface area contributed by atoms with Crippen LogP contribution in [0.4, 0.5) is 10.7 Å². The number of rotatable bonds is 5. The molecule has 1 heterocycles. The predicted octanol–water partition coefficient (Wildman–Crippen LogP) is 3.11. The van der Waals surface area contributed by atoms with E-state index in [-0.39, 0.29) is 12.1 Å². The van der Waals surface area contributed by atoms with Gasteiger partial charge < -0.3 is 10.1 Å².